The second-order valence-electron chi connectivity index (χ2n) is 1.01. The first kappa shape index (κ1) is 10.6. The molecule has 4 N–H and O–H groups in total. The van der Waals surface area contributed by atoms with E-state index >= 15 is 0 Å². The average molecular weight is 134 g/mol. The highest BCUT2D eigenvalue weighted by atomic mass is 16.4. The van der Waals surface area contributed by atoms with Crippen LogP contribution in [0, 0.1) is 0 Å². The normalized spacial score (nSPS) is 8.44. The van der Waals surface area contributed by atoms with Gasteiger partial charge in [-0.3, -0.25) is 0 Å². The lowest BCUT2D eigenvalue weighted by atomic mass is 10.5. The molecule has 9 heavy (non-hydrogen) atoms. The molecule has 0 aromatic heterocycles. The topological polar surface area (TPSA) is 106 Å². The number of rotatable bonds is 2. The van der Waals surface area contributed by atoms with Gasteiger partial charge >= 0.3 is 11.9 Å². The van der Waals surface area contributed by atoms with Gasteiger partial charge in [-0.15, -0.1) is 0 Å². The zero-order valence-electron chi connectivity index (χ0n) is 4.37. The minimum Gasteiger partial charge on any atom is -0.478 e. The second kappa shape index (κ2) is 4.79. The van der Waals surface area contributed by atoms with Crippen LogP contribution in [0.4, 0.5) is 0 Å². The summed E-state index contributed by atoms with van der Waals surface area (Å²) >= 11 is 0. The summed E-state index contributed by atoms with van der Waals surface area (Å²) in [7, 11) is 0. The van der Waals surface area contributed by atoms with E-state index in [0.29, 0.717) is 12.2 Å². The van der Waals surface area contributed by atoms with Gasteiger partial charge in [-0.2, -0.15) is 0 Å². The Morgan fingerprint density at radius 2 is 1.22 bits per heavy atom. The summed E-state index contributed by atoms with van der Waals surface area (Å²) in [5.74, 6) is -2.51. The van der Waals surface area contributed by atoms with Gasteiger partial charge in [0.25, 0.3) is 0 Å². The molecule has 0 aliphatic rings. The molecule has 0 aromatic carbocycles. The standard InChI is InChI=1S/C4H4O4.H2O/c5-3(6)1-2-4(7)8;/h1-2H,(H,5,6)(H,7,8);1H2. The van der Waals surface area contributed by atoms with Gasteiger partial charge in [-0.05, 0) is 0 Å². The zero-order chi connectivity index (χ0) is 6.57. The number of carboxylic acids is 2. The highest BCUT2D eigenvalue weighted by molar-refractivity contribution is 5.89. The van der Waals surface area contributed by atoms with E-state index in [4.69, 9.17) is 10.2 Å². The highest BCUT2D eigenvalue weighted by Gasteiger charge is 1.88. The van der Waals surface area contributed by atoms with Crippen molar-refractivity contribution in [2.45, 2.75) is 0 Å². The van der Waals surface area contributed by atoms with Gasteiger partial charge in [0.15, 0.2) is 0 Å². The molecule has 5 heteroatoms. The first-order valence-corrected chi connectivity index (χ1v) is 1.77. The molecule has 0 radical (unpaired) electrons. The third-order valence-electron chi connectivity index (χ3n) is 0.368. The molecule has 52 valence electrons. The lowest BCUT2D eigenvalue weighted by molar-refractivity contribution is -0.134. The van der Waals surface area contributed by atoms with E-state index in [1.165, 1.54) is 0 Å². The predicted octanol–water partition coefficient (Wildman–Crippen LogP) is -1.11. The maximum atomic E-state index is 9.55. The van der Waals surface area contributed by atoms with Crippen molar-refractivity contribution in [1.82, 2.24) is 0 Å². The number of hydrogen-bond acceptors (Lipinski definition) is 2. The first-order chi connectivity index (χ1) is 3.63. The van der Waals surface area contributed by atoms with Crippen molar-refractivity contribution in [3.05, 3.63) is 12.2 Å². The number of carboxylic acid groups (broad SMARTS) is 2. The Balaban J connectivity index is 0. The number of aliphatic carboxylic acids is 2. The van der Waals surface area contributed by atoms with E-state index in [2.05, 4.69) is 0 Å². The molecular formula is C4H6O5. The Morgan fingerprint density at radius 1 is 1.00 bits per heavy atom. The van der Waals surface area contributed by atoms with Crippen LogP contribution in [0.25, 0.3) is 0 Å². The third-order valence-corrected chi connectivity index (χ3v) is 0.368. The van der Waals surface area contributed by atoms with Crippen molar-refractivity contribution in [2.75, 3.05) is 0 Å². The molecule has 0 fully saturated rings. The molecule has 0 rings (SSSR count). The quantitative estimate of drug-likeness (QED) is 0.467. The van der Waals surface area contributed by atoms with E-state index in [0.717, 1.165) is 0 Å². The molecular weight excluding hydrogens is 128 g/mol. The minimum atomic E-state index is -1.26. The molecule has 0 heterocycles. The maximum absolute atomic E-state index is 9.55. The molecule has 0 saturated carbocycles. The highest BCUT2D eigenvalue weighted by Crippen LogP contribution is 1.70. The van der Waals surface area contributed by atoms with Crippen molar-refractivity contribution in [3.63, 3.8) is 0 Å². The Morgan fingerprint density at radius 3 is 1.33 bits per heavy atom. The molecule has 0 aliphatic carbocycles. The van der Waals surface area contributed by atoms with E-state index in [1.807, 2.05) is 0 Å². The summed E-state index contributed by atoms with van der Waals surface area (Å²) in [6.07, 6.45) is 1.12. The van der Waals surface area contributed by atoms with Crippen LogP contribution < -0.4 is 0 Å². The van der Waals surface area contributed by atoms with Crippen molar-refractivity contribution >= 4 is 11.9 Å². The van der Waals surface area contributed by atoms with Gasteiger partial charge < -0.3 is 15.7 Å². The minimum absolute atomic E-state index is 0. The number of carbonyl (C=O) groups is 2. The third kappa shape index (κ3) is 10.8. The van der Waals surface area contributed by atoms with E-state index in [1.54, 1.807) is 0 Å². The molecule has 0 saturated heterocycles. The van der Waals surface area contributed by atoms with Crippen LogP contribution in [0.15, 0.2) is 12.2 Å². The largest absolute Gasteiger partial charge is 0.478 e. The van der Waals surface area contributed by atoms with Gasteiger partial charge in [-0.1, -0.05) is 0 Å². The van der Waals surface area contributed by atoms with Crippen LogP contribution in [0.1, 0.15) is 0 Å². The van der Waals surface area contributed by atoms with Gasteiger partial charge in [0.1, 0.15) is 0 Å². The molecule has 0 atom stereocenters. The van der Waals surface area contributed by atoms with Gasteiger partial charge in [0.2, 0.25) is 0 Å². The molecule has 0 spiro atoms. The first-order valence-electron chi connectivity index (χ1n) is 1.77. The van der Waals surface area contributed by atoms with Crippen molar-refractivity contribution in [3.8, 4) is 0 Å². The summed E-state index contributed by atoms with van der Waals surface area (Å²) in [4.78, 5) is 19.1. The molecule has 0 amide bonds. The van der Waals surface area contributed by atoms with Gasteiger partial charge in [0, 0.05) is 12.2 Å². The fourth-order valence-corrected chi connectivity index (χ4v) is 0.143. The van der Waals surface area contributed by atoms with Gasteiger partial charge in [-0.25, -0.2) is 9.59 Å². The van der Waals surface area contributed by atoms with Gasteiger partial charge in [0.05, 0.1) is 0 Å². The van der Waals surface area contributed by atoms with E-state index in [9.17, 15) is 9.59 Å². The Hall–Kier alpha value is -1.36. The number of hydrogen-bond donors (Lipinski definition) is 2. The summed E-state index contributed by atoms with van der Waals surface area (Å²) in [6, 6.07) is 0. The summed E-state index contributed by atoms with van der Waals surface area (Å²) < 4.78 is 0. The lowest BCUT2D eigenvalue weighted by Gasteiger charge is -1.74. The van der Waals surface area contributed by atoms with E-state index < -0.39 is 11.9 Å². The van der Waals surface area contributed by atoms with Crippen LogP contribution in [0.3, 0.4) is 0 Å². The molecule has 0 bridgehead atoms. The smallest absolute Gasteiger partial charge is 0.328 e. The lowest BCUT2D eigenvalue weighted by Crippen LogP contribution is -1.91. The Bertz CT molecular complexity index is 120. The Kier molecular flexibility index (Phi) is 5.64. The SMILES string of the molecule is O.O=C(O)C=CC(=O)O. The van der Waals surface area contributed by atoms with Crippen molar-refractivity contribution in [2.24, 2.45) is 0 Å². The van der Waals surface area contributed by atoms with Crippen LogP contribution >= 0.6 is 0 Å². The monoisotopic (exact) mass is 134 g/mol. The fraction of sp³-hybridized carbons (Fsp3) is 0. The molecule has 5 nitrogen and oxygen atoms in total. The van der Waals surface area contributed by atoms with Crippen LogP contribution in [-0.2, 0) is 9.59 Å². The Labute approximate surface area is 50.5 Å². The van der Waals surface area contributed by atoms with E-state index in [-0.39, 0.29) is 5.48 Å². The van der Waals surface area contributed by atoms with Crippen molar-refractivity contribution in [1.29, 1.82) is 0 Å². The van der Waals surface area contributed by atoms with Crippen LogP contribution in [-0.4, -0.2) is 27.6 Å². The van der Waals surface area contributed by atoms with Crippen molar-refractivity contribution < 1.29 is 25.3 Å². The average Bonchev–Trinajstić information content (AvgIpc) is 1.61. The molecule has 0 aliphatic heterocycles. The summed E-state index contributed by atoms with van der Waals surface area (Å²) in [5, 5.41) is 15.6. The summed E-state index contributed by atoms with van der Waals surface area (Å²) in [6.45, 7) is 0. The zero-order valence-corrected chi connectivity index (χ0v) is 4.37. The van der Waals surface area contributed by atoms with Crippen LogP contribution in [0.2, 0.25) is 0 Å². The second-order valence-corrected chi connectivity index (χ2v) is 1.01. The van der Waals surface area contributed by atoms with Crippen LogP contribution in [0.5, 0.6) is 0 Å². The summed E-state index contributed by atoms with van der Waals surface area (Å²) in [5.41, 5.74) is 0. The molecule has 0 aromatic rings. The maximum Gasteiger partial charge on any atom is 0.328 e. The fourth-order valence-electron chi connectivity index (χ4n) is 0.143. The molecule has 0 unspecified atom stereocenters. The predicted molar refractivity (Wildman–Crippen MR) is 28.0 cm³/mol.